The maximum Gasteiger partial charge on any atom is 0.322 e. The Bertz CT molecular complexity index is 412. The second-order valence-electron chi connectivity index (χ2n) is 4.39. The first-order valence-electron chi connectivity index (χ1n) is 5.78. The maximum atomic E-state index is 12.1. The molecule has 100 valence electrons. The zero-order valence-electron chi connectivity index (χ0n) is 11.1. The first kappa shape index (κ1) is 15.2. The minimum absolute atomic E-state index is 0.142. The maximum absolute atomic E-state index is 12.1. The summed E-state index contributed by atoms with van der Waals surface area (Å²) in [4.78, 5) is 13.8. The molecule has 0 heterocycles. The third-order valence-electron chi connectivity index (χ3n) is 2.63. The summed E-state index contributed by atoms with van der Waals surface area (Å²) in [5.74, 6) is 0.391. The van der Waals surface area contributed by atoms with Crippen LogP contribution >= 0.6 is 23.4 Å². The topological polar surface area (TPSA) is 32.3 Å². The van der Waals surface area contributed by atoms with E-state index in [4.69, 9.17) is 11.6 Å². The zero-order chi connectivity index (χ0) is 13.7. The summed E-state index contributed by atoms with van der Waals surface area (Å²) < 4.78 is 0. The van der Waals surface area contributed by atoms with Gasteiger partial charge in [0.05, 0.1) is 16.1 Å². The van der Waals surface area contributed by atoms with Crippen molar-refractivity contribution in [3.8, 4) is 0 Å². The van der Waals surface area contributed by atoms with Crippen LogP contribution in [0.5, 0.6) is 0 Å². The number of para-hydroxylation sites is 1. The molecule has 0 saturated heterocycles. The lowest BCUT2D eigenvalue weighted by Gasteiger charge is -2.29. The van der Waals surface area contributed by atoms with Crippen LogP contribution in [-0.2, 0) is 0 Å². The fourth-order valence-corrected chi connectivity index (χ4v) is 2.90. The highest BCUT2D eigenvalue weighted by Gasteiger charge is 2.22. The van der Waals surface area contributed by atoms with Crippen molar-refractivity contribution >= 4 is 35.1 Å². The van der Waals surface area contributed by atoms with E-state index in [0.29, 0.717) is 16.6 Å². The van der Waals surface area contributed by atoms with Gasteiger partial charge in [0.2, 0.25) is 0 Å². The highest BCUT2D eigenvalue weighted by atomic mass is 35.5. The van der Waals surface area contributed by atoms with E-state index in [2.05, 4.69) is 19.2 Å². The Morgan fingerprint density at radius 3 is 2.50 bits per heavy atom. The Balaban J connectivity index is 2.74. The first-order chi connectivity index (χ1) is 8.47. The summed E-state index contributed by atoms with van der Waals surface area (Å²) in [7, 11) is 1.80. The molecular weight excluding hydrogens is 268 g/mol. The van der Waals surface area contributed by atoms with Gasteiger partial charge in [-0.05, 0) is 24.3 Å². The average Bonchev–Trinajstić information content (AvgIpc) is 2.32. The zero-order valence-corrected chi connectivity index (χ0v) is 12.7. The molecule has 0 spiro atoms. The highest BCUT2D eigenvalue weighted by molar-refractivity contribution is 7.99. The van der Waals surface area contributed by atoms with Crippen LogP contribution in [0.1, 0.15) is 13.8 Å². The highest BCUT2D eigenvalue weighted by Crippen LogP contribution is 2.23. The van der Waals surface area contributed by atoms with Crippen LogP contribution in [0, 0.1) is 5.92 Å². The predicted molar refractivity (Wildman–Crippen MR) is 80.4 cm³/mol. The average molecular weight is 287 g/mol. The fraction of sp³-hybridized carbons (Fsp3) is 0.462. The second-order valence-corrected chi connectivity index (χ2v) is 5.75. The minimum atomic E-state index is -0.142. The van der Waals surface area contributed by atoms with E-state index >= 15 is 0 Å². The van der Waals surface area contributed by atoms with Gasteiger partial charge in [0.25, 0.3) is 0 Å². The van der Waals surface area contributed by atoms with E-state index in [1.54, 1.807) is 35.8 Å². The molecular formula is C13H19ClN2OS. The number of thioether (sulfide) groups is 1. The SMILES string of the molecule is CSC(C(C)C)N(C)C(=O)Nc1ccccc1Cl. The van der Waals surface area contributed by atoms with Crippen molar-refractivity contribution in [1.29, 1.82) is 0 Å². The standard InChI is InChI=1S/C13H19ClN2OS/c1-9(2)12(18-4)16(3)13(17)15-11-8-6-5-7-10(11)14/h5-9,12H,1-4H3,(H,15,17). The molecule has 0 radical (unpaired) electrons. The van der Waals surface area contributed by atoms with E-state index in [0.717, 1.165) is 0 Å². The largest absolute Gasteiger partial charge is 0.322 e. The molecule has 1 unspecified atom stereocenters. The number of nitrogens with zero attached hydrogens (tertiary/aromatic N) is 1. The minimum Gasteiger partial charge on any atom is -0.315 e. The van der Waals surface area contributed by atoms with E-state index in [9.17, 15) is 4.79 Å². The lowest BCUT2D eigenvalue weighted by molar-refractivity contribution is 0.211. The van der Waals surface area contributed by atoms with Crippen LogP contribution in [-0.4, -0.2) is 29.6 Å². The number of anilines is 1. The predicted octanol–water partition coefficient (Wildman–Crippen LogP) is 4.15. The van der Waals surface area contributed by atoms with Gasteiger partial charge in [0.1, 0.15) is 0 Å². The van der Waals surface area contributed by atoms with Gasteiger partial charge < -0.3 is 10.2 Å². The van der Waals surface area contributed by atoms with Crippen molar-refractivity contribution in [3.05, 3.63) is 29.3 Å². The molecule has 1 aromatic carbocycles. The lowest BCUT2D eigenvalue weighted by atomic mass is 10.2. The number of urea groups is 1. The third kappa shape index (κ3) is 3.82. The summed E-state index contributed by atoms with van der Waals surface area (Å²) in [6.07, 6.45) is 2.00. The van der Waals surface area contributed by atoms with Gasteiger partial charge in [-0.2, -0.15) is 0 Å². The molecule has 1 atom stereocenters. The second kappa shape index (κ2) is 6.90. The normalized spacial score (nSPS) is 12.3. The van der Waals surface area contributed by atoms with Gasteiger partial charge in [-0.1, -0.05) is 37.6 Å². The van der Waals surface area contributed by atoms with Gasteiger partial charge >= 0.3 is 6.03 Å². The molecule has 2 amide bonds. The molecule has 0 aliphatic rings. The van der Waals surface area contributed by atoms with Gasteiger partial charge in [-0.15, -0.1) is 11.8 Å². The number of amides is 2. The summed E-state index contributed by atoms with van der Waals surface area (Å²) in [6.45, 7) is 4.20. The number of halogens is 1. The Morgan fingerprint density at radius 1 is 1.39 bits per heavy atom. The number of hydrogen-bond donors (Lipinski definition) is 1. The van der Waals surface area contributed by atoms with E-state index in [1.807, 2.05) is 18.4 Å². The molecule has 0 aliphatic carbocycles. The molecule has 0 bridgehead atoms. The number of hydrogen-bond acceptors (Lipinski definition) is 2. The van der Waals surface area contributed by atoms with Crippen LogP contribution < -0.4 is 5.32 Å². The van der Waals surface area contributed by atoms with E-state index < -0.39 is 0 Å². The number of nitrogens with one attached hydrogen (secondary N) is 1. The summed E-state index contributed by atoms with van der Waals surface area (Å²) in [5, 5.41) is 3.51. The van der Waals surface area contributed by atoms with Crippen molar-refractivity contribution in [1.82, 2.24) is 4.90 Å². The van der Waals surface area contributed by atoms with E-state index in [-0.39, 0.29) is 11.4 Å². The van der Waals surface area contributed by atoms with Crippen LogP contribution in [0.2, 0.25) is 5.02 Å². The number of rotatable bonds is 4. The molecule has 5 heteroatoms. The first-order valence-corrected chi connectivity index (χ1v) is 7.45. The molecule has 1 N–H and O–H groups in total. The van der Waals surface area contributed by atoms with Gasteiger partial charge in [-0.25, -0.2) is 4.79 Å². The molecule has 18 heavy (non-hydrogen) atoms. The number of benzene rings is 1. The number of carbonyl (C=O) groups excluding carboxylic acids is 1. The molecule has 1 aromatic rings. The summed E-state index contributed by atoms with van der Waals surface area (Å²) in [6, 6.07) is 7.08. The van der Waals surface area contributed by atoms with E-state index in [1.165, 1.54) is 0 Å². The molecule has 3 nitrogen and oxygen atoms in total. The Hall–Kier alpha value is -0.870. The van der Waals surface area contributed by atoms with Gasteiger partial charge in [0.15, 0.2) is 0 Å². The van der Waals surface area contributed by atoms with Crippen molar-refractivity contribution in [2.24, 2.45) is 5.92 Å². The fourth-order valence-electron chi connectivity index (χ4n) is 1.76. The lowest BCUT2D eigenvalue weighted by Crippen LogP contribution is -2.40. The molecule has 1 rings (SSSR count). The summed E-state index contributed by atoms with van der Waals surface area (Å²) in [5.41, 5.74) is 0.639. The monoisotopic (exact) mass is 286 g/mol. The van der Waals surface area contributed by atoms with Crippen LogP contribution in [0.25, 0.3) is 0 Å². The molecule has 0 saturated carbocycles. The smallest absolute Gasteiger partial charge is 0.315 e. The Morgan fingerprint density at radius 2 is 2.00 bits per heavy atom. The van der Waals surface area contributed by atoms with Crippen molar-refractivity contribution < 1.29 is 4.79 Å². The quantitative estimate of drug-likeness (QED) is 0.844. The number of carbonyl (C=O) groups is 1. The van der Waals surface area contributed by atoms with Crippen molar-refractivity contribution in [3.63, 3.8) is 0 Å². The molecule has 0 aliphatic heterocycles. The molecule has 0 aromatic heterocycles. The molecule has 0 fully saturated rings. The van der Waals surface area contributed by atoms with Crippen LogP contribution in [0.4, 0.5) is 10.5 Å². The van der Waals surface area contributed by atoms with Gasteiger partial charge in [0, 0.05) is 7.05 Å². The van der Waals surface area contributed by atoms with Crippen LogP contribution in [0.15, 0.2) is 24.3 Å². The third-order valence-corrected chi connectivity index (χ3v) is 4.30. The van der Waals surface area contributed by atoms with Crippen molar-refractivity contribution in [2.45, 2.75) is 19.2 Å². The van der Waals surface area contributed by atoms with Crippen molar-refractivity contribution in [2.75, 3.05) is 18.6 Å². The Kier molecular flexibility index (Phi) is 5.82. The Labute approximate surface area is 118 Å². The van der Waals surface area contributed by atoms with Crippen LogP contribution in [0.3, 0.4) is 0 Å². The summed E-state index contributed by atoms with van der Waals surface area (Å²) >= 11 is 7.67. The van der Waals surface area contributed by atoms with Gasteiger partial charge in [-0.3, -0.25) is 0 Å².